The van der Waals surface area contributed by atoms with Crippen LogP contribution in [0.2, 0.25) is 0 Å². The van der Waals surface area contributed by atoms with Gasteiger partial charge in [0, 0.05) is 0 Å². The quantitative estimate of drug-likeness (QED) is 0.121. The van der Waals surface area contributed by atoms with Crippen molar-refractivity contribution < 1.29 is 0 Å². The Hall–Kier alpha value is 0. The van der Waals surface area contributed by atoms with Crippen molar-refractivity contribution in [3.05, 3.63) is 0 Å². The van der Waals surface area contributed by atoms with Gasteiger partial charge in [0.1, 0.15) is 0 Å². The van der Waals surface area contributed by atoms with Crippen LogP contribution in [0.5, 0.6) is 0 Å². The molecule has 1 aliphatic rings. The number of unbranched alkanes of at least 4 members (excludes halogenated alkanes) is 1. The molecule has 0 heterocycles. The van der Waals surface area contributed by atoms with Crippen LogP contribution in [-0.2, 0) is 0 Å². The van der Waals surface area contributed by atoms with Gasteiger partial charge in [-0.25, -0.2) is 0 Å². The van der Waals surface area contributed by atoms with Crippen molar-refractivity contribution in [1.29, 1.82) is 0 Å². The SMILES string of the molecule is CC(C)CC(C)C.CCC.CCC.CCC.CCC.CCC.CCC.CCC.CCC(C)(C)CC(C)C.CCC(C)CC(C)C.CCC(C)CC(C)C.CCC1(CC(C)C)CC1.CCCC(C)C.CCCCC(C)C. The average Bonchev–Trinajstić information content (AvgIpc) is 4.04. The average molecular weight is 1080 g/mol. The molecule has 0 aromatic carbocycles. The summed E-state index contributed by atoms with van der Waals surface area (Å²) in [7, 11) is 0. The Morgan fingerprint density at radius 1 is 0.320 bits per heavy atom. The van der Waals surface area contributed by atoms with Gasteiger partial charge in [0.25, 0.3) is 0 Å². The molecular weight excluding hydrogens is 901 g/mol. The molecule has 0 radical (unpaired) electrons. The predicted octanol–water partition coefficient (Wildman–Crippen LogP) is 30.7. The molecule has 0 aromatic heterocycles. The highest BCUT2D eigenvalue weighted by Gasteiger charge is 2.40. The lowest BCUT2D eigenvalue weighted by molar-refractivity contribution is 0.277. The first kappa shape index (κ1) is 107. The van der Waals surface area contributed by atoms with E-state index in [-0.39, 0.29) is 0 Å². The predicted molar refractivity (Wildman–Crippen MR) is 373 cm³/mol. The Morgan fingerprint density at radius 3 is 0.640 bits per heavy atom. The van der Waals surface area contributed by atoms with Gasteiger partial charge in [0.2, 0.25) is 0 Å². The fraction of sp³-hybridized carbons (Fsp3) is 1.00. The molecular formula is C75H176. The molecule has 75 heavy (non-hydrogen) atoms. The van der Waals surface area contributed by atoms with E-state index in [4.69, 9.17) is 0 Å². The van der Waals surface area contributed by atoms with Gasteiger partial charge in [0.15, 0.2) is 0 Å². The summed E-state index contributed by atoms with van der Waals surface area (Å²) in [5.74, 6) is 8.92. The van der Waals surface area contributed by atoms with E-state index >= 15 is 0 Å². The summed E-state index contributed by atoms with van der Waals surface area (Å²) in [5.41, 5.74) is 1.38. The van der Waals surface area contributed by atoms with Crippen LogP contribution in [0.4, 0.5) is 0 Å². The maximum Gasteiger partial charge on any atom is -0.0297 e. The molecule has 2 atom stereocenters. The normalized spacial score (nSPS) is 11.8. The van der Waals surface area contributed by atoms with E-state index in [0.717, 1.165) is 64.6 Å². The second kappa shape index (κ2) is 93.3. The van der Waals surface area contributed by atoms with Crippen LogP contribution in [0, 0.1) is 70.0 Å². The van der Waals surface area contributed by atoms with E-state index in [1.54, 1.807) is 0 Å². The number of rotatable bonds is 19. The van der Waals surface area contributed by atoms with E-state index < -0.39 is 0 Å². The maximum absolute atomic E-state index is 2.34. The minimum absolute atomic E-state index is 0.564. The minimum Gasteiger partial charge on any atom is -0.0656 e. The molecule has 0 aromatic rings. The molecule has 0 heteroatoms. The molecule has 0 amide bonds. The van der Waals surface area contributed by atoms with E-state index in [1.165, 1.54) is 148 Å². The topological polar surface area (TPSA) is 0 Å². The fourth-order valence-corrected chi connectivity index (χ4v) is 7.07. The summed E-state index contributed by atoms with van der Waals surface area (Å²) in [6.45, 7) is 89.1. The van der Waals surface area contributed by atoms with Crippen LogP contribution in [0.25, 0.3) is 0 Å². The molecule has 0 bridgehead atoms. The molecule has 0 nitrogen and oxygen atoms in total. The third-order valence-corrected chi connectivity index (χ3v) is 10.6. The highest BCUT2D eigenvalue weighted by molar-refractivity contribution is 4.92. The van der Waals surface area contributed by atoms with E-state index in [9.17, 15) is 0 Å². The lowest BCUT2D eigenvalue weighted by Gasteiger charge is -2.24. The lowest BCUT2D eigenvalue weighted by Crippen LogP contribution is -2.12. The minimum atomic E-state index is 0.564. The van der Waals surface area contributed by atoms with Crippen LogP contribution in [0.15, 0.2) is 0 Å². The summed E-state index contributed by atoms with van der Waals surface area (Å²) in [6.07, 6.45) is 30.9. The van der Waals surface area contributed by atoms with Crippen molar-refractivity contribution in [2.75, 3.05) is 0 Å². The zero-order chi connectivity index (χ0) is 63.0. The monoisotopic (exact) mass is 1080 g/mol. The molecule has 2 unspecified atom stereocenters. The van der Waals surface area contributed by atoms with Crippen molar-refractivity contribution in [2.45, 2.75) is 425 Å². The van der Waals surface area contributed by atoms with Crippen LogP contribution in [0.3, 0.4) is 0 Å². The Kier molecular flexibility index (Phi) is 133. The van der Waals surface area contributed by atoms with Gasteiger partial charge in [0.05, 0.1) is 0 Å². The number of hydrogen-bond acceptors (Lipinski definition) is 0. The third-order valence-electron chi connectivity index (χ3n) is 10.6. The van der Waals surface area contributed by atoms with Crippen molar-refractivity contribution in [3.8, 4) is 0 Å². The lowest BCUT2D eigenvalue weighted by atomic mass is 9.82. The maximum atomic E-state index is 2.34. The van der Waals surface area contributed by atoms with Gasteiger partial charge in [-0.3, -0.25) is 0 Å². The molecule has 0 spiro atoms. The molecule has 1 rings (SSSR count). The highest BCUT2D eigenvalue weighted by atomic mass is 14.5. The molecule has 1 fully saturated rings. The van der Waals surface area contributed by atoms with Crippen molar-refractivity contribution >= 4 is 0 Å². The summed E-state index contributed by atoms with van der Waals surface area (Å²) in [4.78, 5) is 0. The van der Waals surface area contributed by atoms with Gasteiger partial charge >= 0.3 is 0 Å². The molecule has 0 saturated heterocycles. The van der Waals surface area contributed by atoms with Gasteiger partial charge in [-0.2, -0.15) is 0 Å². The van der Waals surface area contributed by atoms with Crippen LogP contribution >= 0.6 is 0 Å². The van der Waals surface area contributed by atoms with E-state index in [1.807, 2.05) is 0 Å². The summed E-state index contributed by atoms with van der Waals surface area (Å²) < 4.78 is 0. The Bertz CT molecular complexity index is 703. The Labute approximate surface area is 492 Å². The molecule has 0 N–H and O–H groups in total. The zero-order valence-electron chi connectivity index (χ0n) is 63.0. The zero-order valence-corrected chi connectivity index (χ0v) is 63.0. The molecule has 1 saturated carbocycles. The van der Waals surface area contributed by atoms with Gasteiger partial charge in [-0.1, -0.05) is 380 Å². The second-order valence-corrected chi connectivity index (χ2v) is 27.0. The van der Waals surface area contributed by atoms with Gasteiger partial charge in [-0.15, -0.1) is 0 Å². The van der Waals surface area contributed by atoms with Crippen LogP contribution < -0.4 is 0 Å². The third kappa shape index (κ3) is 198. The first-order chi connectivity index (χ1) is 34.6. The first-order valence-electron chi connectivity index (χ1n) is 34.6. The highest BCUT2D eigenvalue weighted by Crippen LogP contribution is 2.53. The second-order valence-electron chi connectivity index (χ2n) is 27.0. The summed E-state index contributed by atoms with van der Waals surface area (Å²) in [5, 5.41) is 0. The molecule has 0 aliphatic heterocycles. The van der Waals surface area contributed by atoms with Gasteiger partial charge < -0.3 is 0 Å². The molecule has 476 valence electrons. The standard InChI is InChI=1S/C9H18.C9H20.2C8H18.2C7H16.C6H14.7C3H8/c1-4-9(5-6-9)7-8(2)3;1-6-9(4,5)7-8(2)3;2*1-5-8(4)6-7(2)3;1-6(2)5-7(3)4;1-4-5-6-7(2)3;1-4-5-6(2)3;7*1-3-2/h8H,4-7H2,1-3H3;8H,6-7H2,1-5H3;2*7-8H,5-6H2,1-4H3;6-7H,5H2,1-4H3;7H,4-6H2,1-3H3;6H,4-5H2,1-3H3;7*3H2,1-2H3. The fourth-order valence-electron chi connectivity index (χ4n) is 7.07. The molecule has 1 aliphatic carbocycles. The first-order valence-corrected chi connectivity index (χ1v) is 34.6. The summed E-state index contributed by atoms with van der Waals surface area (Å²) >= 11 is 0. The largest absolute Gasteiger partial charge is 0.0656 e. The van der Waals surface area contributed by atoms with Crippen LogP contribution in [0.1, 0.15) is 425 Å². The van der Waals surface area contributed by atoms with E-state index in [2.05, 4.69) is 277 Å². The Balaban J connectivity index is -0.0000000513. The van der Waals surface area contributed by atoms with Crippen molar-refractivity contribution in [3.63, 3.8) is 0 Å². The number of hydrogen-bond donors (Lipinski definition) is 0. The Morgan fingerprint density at radius 2 is 0.587 bits per heavy atom. The van der Waals surface area contributed by atoms with Crippen LogP contribution in [-0.4, -0.2) is 0 Å². The van der Waals surface area contributed by atoms with E-state index in [0.29, 0.717) is 5.41 Å². The smallest absolute Gasteiger partial charge is 0.0297 e. The van der Waals surface area contributed by atoms with Crippen molar-refractivity contribution in [1.82, 2.24) is 0 Å². The summed E-state index contributed by atoms with van der Waals surface area (Å²) in [6, 6.07) is 0. The van der Waals surface area contributed by atoms with Gasteiger partial charge in [-0.05, 0) is 115 Å². The van der Waals surface area contributed by atoms with Crippen molar-refractivity contribution in [2.24, 2.45) is 70.0 Å².